The van der Waals surface area contributed by atoms with E-state index in [-0.39, 0.29) is 38.0 Å². The van der Waals surface area contributed by atoms with Crippen molar-refractivity contribution in [2.45, 2.75) is 52.1 Å². The predicted octanol–water partition coefficient (Wildman–Crippen LogP) is -0.225. The van der Waals surface area contributed by atoms with Gasteiger partial charge in [-0.15, -0.1) is 0 Å². The number of nitrogens with one attached hydrogen (secondary N) is 2. The maximum absolute atomic E-state index is 11.5. The third-order valence-electron chi connectivity index (χ3n) is 2.53. The van der Waals surface area contributed by atoms with Gasteiger partial charge in [-0.05, 0) is 20.8 Å². The molecule has 0 saturated heterocycles. The molecular weight excluding hydrogens is 320 g/mol. The van der Waals surface area contributed by atoms with Crippen LogP contribution in [-0.2, 0) is 28.7 Å². The van der Waals surface area contributed by atoms with Gasteiger partial charge in [0.25, 0.3) is 0 Å². The number of carboxylic acid groups (broad SMARTS) is 1. The van der Waals surface area contributed by atoms with Gasteiger partial charge in [0, 0.05) is 19.3 Å². The lowest BCUT2D eigenvalue weighted by Crippen LogP contribution is -2.32. The zero-order valence-corrected chi connectivity index (χ0v) is 14.1. The molecule has 0 heterocycles. The Bertz CT molecular complexity index is 495. The smallest absolute Gasteiger partial charge is 0.322 e. The fourth-order valence-electron chi connectivity index (χ4n) is 1.50. The van der Waals surface area contributed by atoms with Crippen molar-refractivity contribution in [2.75, 3.05) is 13.1 Å². The summed E-state index contributed by atoms with van der Waals surface area (Å²) >= 11 is 0. The summed E-state index contributed by atoms with van der Waals surface area (Å²) < 4.78 is 5.05. The molecule has 9 heteroatoms. The van der Waals surface area contributed by atoms with E-state index in [0.29, 0.717) is 0 Å². The standard InChI is InChI=1S/C15H24N2O7/c1-15(2,3)24-14(23)7-6-12(20)16-8-10(18)4-5-11(19)17-9-13(21)22/h4-9H2,1-3H3,(H,16,20)(H,17,19)(H,21,22). The number of carbonyl (C=O) groups excluding carboxylic acids is 4. The number of Topliss-reactive ketones (excluding diaryl/α,β-unsaturated/α-hetero) is 1. The Balaban J connectivity index is 3.86. The van der Waals surface area contributed by atoms with Crippen LogP contribution in [0.1, 0.15) is 46.5 Å². The fourth-order valence-corrected chi connectivity index (χ4v) is 1.50. The minimum absolute atomic E-state index is 0.0884. The molecule has 0 rings (SSSR count). The maximum Gasteiger partial charge on any atom is 0.322 e. The van der Waals surface area contributed by atoms with Crippen molar-refractivity contribution in [2.24, 2.45) is 0 Å². The second-order valence-electron chi connectivity index (χ2n) is 6.07. The Labute approximate surface area is 140 Å². The number of ether oxygens (including phenoxy) is 1. The first-order chi connectivity index (χ1) is 11.0. The van der Waals surface area contributed by atoms with Crippen molar-refractivity contribution in [1.29, 1.82) is 0 Å². The molecule has 0 aliphatic heterocycles. The van der Waals surface area contributed by atoms with Crippen molar-refractivity contribution in [3.8, 4) is 0 Å². The highest BCUT2D eigenvalue weighted by Crippen LogP contribution is 2.08. The minimum Gasteiger partial charge on any atom is -0.480 e. The van der Waals surface area contributed by atoms with Gasteiger partial charge in [0.15, 0.2) is 5.78 Å². The van der Waals surface area contributed by atoms with Gasteiger partial charge in [0.1, 0.15) is 12.1 Å². The van der Waals surface area contributed by atoms with Crippen LogP contribution in [0.4, 0.5) is 0 Å². The van der Waals surface area contributed by atoms with E-state index in [0.717, 1.165) is 0 Å². The molecule has 0 radical (unpaired) electrons. The zero-order valence-electron chi connectivity index (χ0n) is 14.1. The summed E-state index contributed by atoms with van der Waals surface area (Å²) in [7, 11) is 0. The van der Waals surface area contributed by atoms with Crippen LogP contribution in [0.3, 0.4) is 0 Å². The van der Waals surface area contributed by atoms with Gasteiger partial charge in [0.2, 0.25) is 11.8 Å². The van der Waals surface area contributed by atoms with E-state index in [1.54, 1.807) is 20.8 Å². The van der Waals surface area contributed by atoms with Crippen LogP contribution in [0.2, 0.25) is 0 Å². The Hall–Kier alpha value is -2.45. The average Bonchev–Trinajstić information content (AvgIpc) is 2.44. The van der Waals surface area contributed by atoms with Crippen LogP contribution in [0, 0.1) is 0 Å². The highest BCUT2D eigenvalue weighted by atomic mass is 16.6. The van der Waals surface area contributed by atoms with Crippen LogP contribution in [0.15, 0.2) is 0 Å². The first kappa shape index (κ1) is 21.6. The Morgan fingerprint density at radius 2 is 1.33 bits per heavy atom. The lowest BCUT2D eigenvalue weighted by atomic mass is 10.2. The van der Waals surface area contributed by atoms with Gasteiger partial charge in [-0.25, -0.2) is 0 Å². The average molecular weight is 344 g/mol. The Kier molecular flexibility index (Phi) is 9.29. The first-order valence-electron chi connectivity index (χ1n) is 7.48. The number of rotatable bonds is 10. The van der Waals surface area contributed by atoms with Gasteiger partial charge >= 0.3 is 11.9 Å². The lowest BCUT2D eigenvalue weighted by molar-refractivity contribution is -0.155. The number of carbonyl (C=O) groups is 5. The van der Waals surface area contributed by atoms with Crippen molar-refractivity contribution in [3.05, 3.63) is 0 Å². The molecule has 0 fully saturated rings. The normalized spacial score (nSPS) is 10.6. The second kappa shape index (κ2) is 10.3. The van der Waals surface area contributed by atoms with Crippen LogP contribution in [-0.4, -0.2) is 53.3 Å². The summed E-state index contributed by atoms with van der Waals surface area (Å²) in [6.07, 6.45) is -0.451. The molecule has 2 amide bonds. The molecule has 3 N–H and O–H groups in total. The van der Waals surface area contributed by atoms with Crippen molar-refractivity contribution in [1.82, 2.24) is 10.6 Å². The number of amides is 2. The molecule has 0 aliphatic rings. The molecule has 0 spiro atoms. The zero-order chi connectivity index (χ0) is 18.8. The van der Waals surface area contributed by atoms with Crippen LogP contribution in [0.25, 0.3) is 0 Å². The Morgan fingerprint density at radius 3 is 1.83 bits per heavy atom. The van der Waals surface area contributed by atoms with E-state index in [1.807, 2.05) is 0 Å². The summed E-state index contributed by atoms with van der Waals surface area (Å²) in [6, 6.07) is 0. The molecule has 0 unspecified atom stereocenters. The second-order valence-corrected chi connectivity index (χ2v) is 6.07. The van der Waals surface area contributed by atoms with E-state index >= 15 is 0 Å². The minimum atomic E-state index is -1.17. The van der Waals surface area contributed by atoms with Crippen LogP contribution >= 0.6 is 0 Å². The van der Waals surface area contributed by atoms with E-state index in [9.17, 15) is 24.0 Å². The van der Waals surface area contributed by atoms with Gasteiger partial charge in [-0.3, -0.25) is 24.0 Å². The lowest BCUT2D eigenvalue weighted by Gasteiger charge is -2.19. The molecule has 0 bridgehead atoms. The molecule has 0 aromatic carbocycles. The van der Waals surface area contributed by atoms with Crippen molar-refractivity contribution in [3.63, 3.8) is 0 Å². The molecule has 0 aromatic heterocycles. The monoisotopic (exact) mass is 344 g/mol. The van der Waals surface area contributed by atoms with Gasteiger partial charge in [-0.1, -0.05) is 0 Å². The number of hydrogen-bond acceptors (Lipinski definition) is 6. The first-order valence-corrected chi connectivity index (χ1v) is 7.48. The summed E-state index contributed by atoms with van der Waals surface area (Å²) in [5.41, 5.74) is -0.620. The topological polar surface area (TPSA) is 139 Å². The summed E-state index contributed by atoms with van der Waals surface area (Å²) in [6.45, 7) is 4.40. The summed E-state index contributed by atoms with van der Waals surface area (Å²) in [5, 5.41) is 12.9. The number of ketones is 1. The third-order valence-corrected chi connectivity index (χ3v) is 2.53. The quantitative estimate of drug-likeness (QED) is 0.465. The van der Waals surface area contributed by atoms with Gasteiger partial charge < -0.3 is 20.5 Å². The molecule has 0 atom stereocenters. The highest BCUT2D eigenvalue weighted by molar-refractivity contribution is 5.90. The van der Waals surface area contributed by atoms with E-state index in [4.69, 9.17) is 9.84 Å². The van der Waals surface area contributed by atoms with Crippen LogP contribution < -0.4 is 10.6 Å². The third kappa shape index (κ3) is 13.2. The van der Waals surface area contributed by atoms with Gasteiger partial charge in [0.05, 0.1) is 13.0 Å². The fraction of sp³-hybridized carbons (Fsp3) is 0.667. The summed E-state index contributed by atoms with van der Waals surface area (Å²) in [4.78, 5) is 55.9. The predicted molar refractivity (Wildman–Crippen MR) is 83.0 cm³/mol. The highest BCUT2D eigenvalue weighted by Gasteiger charge is 2.17. The van der Waals surface area contributed by atoms with Gasteiger partial charge in [-0.2, -0.15) is 0 Å². The van der Waals surface area contributed by atoms with E-state index in [2.05, 4.69) is 10.6 Å². The Morgan fingerprint density at radius 1 is 0.833 bits per heavy atom. The van der Waals surface area contributed by atoms with Crippen molar-refractivity contribution < 1.29 is 33.8 Å². The molecular formula is C15H24N2O7. The van der Waals surface area contributed by atoms with Crippen LogP contribution in [0.5, 0.6) is 0 Å². The molecule has 24 heavy (non-hydrogen) atoms. The number of aliphatic carboxylic acids is 1. The number of esters is 1. The van der Waals surface area contributed by atoms with E-state index < -0.39 is 35.9 Å². The van der Waals surface area contributed by atoms with E-state index in [1.165, 1.54) is 0 Å². The number of hydrogen-bond donors (Lipinski definition) is 3. The SMILES string of the molecule is CC(C)(C)OC(=O)CCC(=O)NCC(=O)CCC(=O)NCC(=O)O. The summed E-state index contributed by atoms with van der Waals surface area (Å²) in [5.74, 6) is -3.07. The maximum atomic E-state index is 11.5. The largest absolute Gasteiger partial charge is 0.480 e. The number of carboxylic acids is 1. The molecule has 136 valence electrons. The molecule has 0 aliphatic carbocycles. The molecule has 9 nitrogen and oxygen atoms in total. The molecule has 0 aromatic rings. The molecule has 0 saturated carbocycles. The van der Waals surface area contributed by atoms with Crippen molar-refractivity contribution >= 4 is 29.5 Å².